The fourth-order valence-corrected chi connectivity index (χ4v) is 5.16. The van der Waals surface area contributed by atoms with Gasteiger partial charge >= 0.3 is 5.97 Å². The molecular formula is C18H26N2O6S. The molecule has 2 heterocycles. The maximum absolute atomic E-state index is 13.0. The Morgan fingerprint density at radius 2 is 1.81 bits per heavy atom. The molecule has 1 amide bonds. The minimum absolute atomic E-state index is 0.123. The molecule has 0 radical (unpaired) electrons. The van der Waals surface area contributed by atoms with Crippen molar-refractivity contribution in [3.05, 3.63) is 17.9 Å². The van der Waals surface area contributed by atoms with E-state index in [0.29, 0.717) is 18.9 Å². The highest BCUT2D eigenvalue weighted by Crippen LogP contribution is 2.31. The van der Waals surface area contributed by atoms with Crippen LogP contribution in [0.3, 0.4) is 0 Å². The predicted molar refractivity (Wildman–Crippen MR) is 96.8 cm³/mol. The summed E-state index contributed by atoms with van der Waals surface area (Å²) in [5.41, 5.74) is 0. The zero-order chi connectivity index (χ0) is 19.8. The Morgan fingerprint density at radius 3 is 2.26 bits per heavy atom. The quantitative estimate of drug-likeness (QED) is 0.787. The molecular weight excluding hydrogens is 372 g/mol. The molecule has 2 fully saturated rings. The Bertz CT molecular complexity index is 804. The van der Waals surface area contributed by atoms with Gasteiger partial charge in [-0.2, -0.15) is 4.31 Å². The first-order chi connectivity index (χ1) is 12.7. The number of carbonyl (C=O) groups is 2. The zero-order valence-corrected chi connectivity index (χ0v) is 16.4. The van der Waals surface area contributed by atoms with Gasteiger partial charge in [-0.25, -0.2) is 13.2 Å². The van der Waals surface area contributed by atoms with Crippen LogP contribution in [-0.4, -0.2) is 59.8 Å². The third kappa shape index (κ3) is 3.89. The molecule has 1 aromatic heterocycles. The van der Waals surface area contributed by atoms with Crippen molar-refractivity contribution in [3.63, 3.8) is 0 Å². The number of furan rings is 1. The van der Waals surface area contributed by atoms with E-state index in [4.69, 9.17) is 9.52 Å². The maximum atomic E-state index is 13.0. The van der Waals surface area contributed by atoms with Crippen molar-refractivity contribution in [1.29, 1.82) is 0 Å². The van der Waals surface area contributed by atoms with Crippen LogP contribution in [0.15, 0.2) is 21.6 Å². The van der Waals surface area contributed by atoms with Crippen LogP contribution in [0.25, 0.3) is 0 Å². The number of carboxylic acid groups (broad SMARTS) is 1. The molecule has 27 heavy (non-hydrogen) atoms. The number of amides is 1. The molecule has 0 unspecified atom stereocenters. The van der Waals surface area contributed by atoms with Gasteiger partial charge in [0.1, 0.15) is 0 Å². The minimum Gasteiger partial charge on any atom is -0.475 e. The molecule has 3 rings (SSSR count). The maximum Gasteiger partial charge on any atom is 0.371 e. The SMILES string of the molecule is CC(C)N(C(=O)C1CCN(S(=O)(=O)c2ccc(C(=O)O)o2)CC1)C1CCC1. The Hall–Kier alpha value is -1.87. The fraction of sp³-hybridized carbons (Fsp3) is 0.667. The van der Waals surface area contributed by atoms with Crippen molar-refractivity contribution in [1.82, 2.24) is 9.21 Å². The highest BCUT2D eigenvalue weighted by molar-refractivity contribution is 7.89. The first-order valence-corrected chi connectivity index (χ1v) is 10.8. The second-order valence-electron chi connectivity index (χ2n) is 7.53. The van der Waals surface area contributed by atoms with E-state index in [1.54, 1.807) is 0 Å². The Morgan fingerprint density at radius 1 is 1.19 bits per heavy atom. The average molecular weight is 398 g/mol. The summed E-state index contributed by atoms with van der Waals surface area (Å²) in [5, 5.41) is 8.52. The highest BCUT2D eigenvalue weighted by atomic mass is 32.2. The van der Waals surface area contributed by atoms with Crippen LogP contribution < -0.4 is 0 Å². The fourth-order valence-electron chi connectivity index (χ4n) is 3.78. The van der Waals surface area contributed by atoms with Crippen LogP contribution in [0.4, 0.5) is 0 Å². The van der Waals surface area contributed by atoms with Crippen LogP contribution in [-0.2, 0) is 14.8 Å². The van der Waals surface area contributed by atoms with Gasteiger partial charge in [0.05, 0.1) is 0 Å². The van der Waals surface area contributed by atoms with Crippen LogP contribution in [0.1, 0.15) is 56.5 Å². The smallest absolute Gasteiger partial charge is 0.371 e. The summed E-state index contributed by atoms with van der Waals surface area (Å²) in [6, 6.07) is 2.75. The lowest BCUT2D eigenvalue weighted by molar-refractivity contribution is -0.143. The van der Waals surface area contributed by atoms with Gasteiger partial charge in [-0.15, -0.1) is 0 Å². The number of sulfonamides is 1. The van der Waals surface area contributed by atoms with Crippen molar-refractivity contribution < 1.29 is 27.5 Å². The van der Waals surface area contributed by atoms with E-state index in [1.807, 2.05) is 18.7 Å². The van der Waals surface area contributed by atoms with Crippen molar-refractivity contribution in [2.45, 2.75) is 63.1 Å². The van der Waals surface area contributed by atoms with Crippen LogP contribution in [0.5, 0.6) is 0 Å². The summed E-state index contributed by atoms with van der Waals surface area (Å²) in [6.45, 7) is 4.48. The number of carbonyl (C=O) groups excluding carboxylic acids is 1. The normalized spacial score (nSPS) is 19.8. The van der Waals surface area contributed by atoms with Crippen LogP contribution in [0.2, 0.25) is 0 Å². The molecule has 0 atom stereocenters. The lowest BCUT2D eigenvalue weighted by Crippen LogP contribution is -2.52. The van der Waals surface area contributed by atoms with E-state index in [1.165, 1.54) is 4.31 Å². The number of hydrogen-bond acceptors (Lipinski definition) is 5. The number of piperidine rings is 1. The van der Waals surface area contributed by atoms with Crippen molar-refractivity contribution in [2.24, 2.45) is 5.92 Å². The number of hydrogen-bond donors (Lipinski definition) is 1. The van der Waals surface area contributed by atoms with E-state index in [-0.39, 0.29) is 36.0 Å². The number of rotatable bonds is 6. The van der Waals surface area contributed by atoms with Crippen molar-refractivity contribution in [2.75, 3.05) is 13.1 Å². The van der Waals surface area contributed by atoms with Gasteiger partial charge in [-0.3, -0.25) is 4.79 Å². The zero-order valence-electron chi connectivity index (χ0n) is 15.6. The second kappa shape index (κ2) is 7.63. The molecule has 9 heteroatoms. The first kappa shape index (κ1) is 19.9. The monoisotopic (exact) mass is 398 g/mol. The summed E-state index contributed by atoms with van der Waals surface area (Å²) in [4.78, 5) is 25.8. The minimum atomic E-state index is -3.89. The van der Waals surface area contributed by atoms with Crippen molar-refractivity contribution >= 4 is 21.9 Å². The summed E-state index contributed by atoms with van der Waals surface area (Å²) in [6.07, 6.45) is 4.16. The summed E-state index contributed by atoms with van der Waals surface area (Å²) >= 11 is 0. The molecule has 1 saturated heterocycles. The van der Waals surface area contributed by atoms with E-state index < -0.39 is 21.8 Å². The standard InChI is InChI=1S/C18H26N2O6S/c1-12(2)20(14-4-3-5-14)17(21)13-8-10-19(11-9-13)27(24,25)16-7-6-15(26-16)18(22)23/h6-7,12-14H,3-5,8-11H2,1-2H3,(H,22,23). The number of aromatic carboxylic acids is 1. The lowest BCUT2D eigenvalue weighted by atomic mass is 9.88. The molecule has 0 aromatic carbocycles. The Kier molecular flexibility index (Phi) is 5.62. The van der Waals surface area contributed by atoms with Gasteiger partial charge in [-0.05, 0) is 58.1 Å². The molecule has 1 saturated carbocycles. The Labute approximate surface area is 159 Å². The van der Waals surface area contributed by atoms with Gasteiger partial charge in [-0.1, -0.05) is 0 Å². The second-order valence-corrected chi connectivity index (χ2v) is 9.40. The molecule has 150 valence electrons. The third-order valence-electron chi connectivity index (χ3n) is 5.47. The topological polar surface area (TPSA) is 108 Å². The highest BCUT2D eigenvalue weighted by Gasteiger charge is 2.38. The summed E-state index contributed by atoms with van der Waals surface area (Å²) in [7, 11) is -3.89. The predicted octanol–water partition coefficient (Wildman–Crippen LogP) is 2.17. The number of nitrogens with zero attached hydrogens (tertiary/aromatic N) is 2. The average Bonchev–Trinajstić information content (AvgIpc) is 3.08. The molecule has 0 spiro atoms. The van der Waals surface area contributed by atoms with Gasteiger partial charge in [0.15, 0.2) is 0 Å². The Balaban J connectivity index is 1.65. The van der Waals surface area contributed by atoms with Gasteiger partial charge in [0.2, 0.25) is 16.8 Å². The number of carboxylic acids is 1. The lowest BCUT2D eigenvalue weighted by Gasteiger charge is -2.43. The summed E-state index contributed by atoms with van der Waals surface area (Å²) in [5.74, 6) is -1.78. The molecule has 1 aliphatic heterocycles. The van der Waals surface area contributed by atoms with Crippen LogP contribution in [0, 0.1) is 5.92 Å². The third-order valence-corrected chi connectivity index (χ3v) is 7.24. The van der Waals surface area contributed by atoms with Gasteiger partial charge in [0.25, 0.3) is 10.0 Å². The molecule has 1 aromatic rings. The largest absolute Gasteiger partial charge is 0.475 e. The van der Waals surface area contributed by atoms with Gasteiger partial charge in [0, 0.05) is 31.1 Å². The van der Waals surface area contributed by atoms with E-state index >= 15 is 0 Å². The van der Waals surface area contributed by atoms with Crippen LogP contribution >= 0.6 is 0 Å². The molecule has 2 aliphatic rings. The van der Waals surface area contributed by atoms with E-state index in [2.05, 4.69) is 0 Å². The molecule has 8 nitrogen and oxygen atoms in total. The molecule has 0 bridgehead atoms. The van der Waals surface area contributed by atoms with Gasteiger partial charge < -0.3 is 14.4 Å². The van der Waals surface area contributed by atoms with Crippen molar-refractivity contribution in [3.8, 4) is 0 Å². The molecule has 1 N–H and O–H groups in total. The first-order valence-electron chi connectivity index (χ1n) is 9.37. The molecule has 1 aliphatic carbocycles. The summed E-state index contributed by atoms with van der Waals surface area (Å²) < 4.78 is 31.5. The van der Waals surface area contributed by atoms with E-state index in [9.17, 15) is 18.0 Å². The van der Waals surface area contributed by atoms with E-state index in [0.717, 1.165) is 31.4 Å².